The van der Waals surface area contributed by atoms with E-state index in [1.54, 1.807) is 0 Å². The molecule has 21 heavy (non-hydrogen) atoms. The van der Waals surface area contributed by atoms with Crippen molar-refractivity contribution in [2.75, 3.05) is 11.1 Å². The summed E-state index contributed by atoms with van der Waals surface area (Å²) in [6.45, 7) is 0. The van der Waals surface area contributed by atoms with Gasteiger partial charge in [-0.1, -0.05) is 22.0 Å². The van der Waals surface area contributed by atoms with E-state index in [0.717, 1.165) is 6.07 Å². The van der Waals surface area contributed by atoms with Gasteiger partial charge in [0, 0.05) is 10.2 Å². The molecule has 0 radical (unpaired) electrons. The van der Waals surface area contributed by atoms with Crippen molar-refractivity contribution in [3.63, 3.8) is 0 Å². The predicted octanol–water partition coefficient (Wildman–Crippen LogP) is 3.70. The summed E-state index contributed by atoms with van der Waals surface area (Å²) in [5.74, 6) is -0.493. The third kappa shape index (κ3) is 3.72. The first-order valence-corrected chi connectivity index (χ1v) is 6.47. The molecule has 1 aromatic carbocycles. The molecule has 8 heteroatoms. The van der Waals surface area contributed by atoms with Crippen molar-refractivity contribution in [2.45, 2.75) is 6.18 Å². The molecule has 110 valence electrons. The molecule has 2 aromatic rings. The molecular weight excluding hydrogens is 351 g/mol. The molecule has 2 rings (SSSR count). The lowest BCUT2D eigenvalue weighted by atomic mass is 10.2. The first kappa shape index (κ1) is 15.3. The summed E-state index contributed by atoms with van der Waals surface area (Å²) < 4.78 is 38.2. The van der Waals surface area contributed by atoms with Crippen LogP contribution in [0.3, 0.4) is 0 Å². The fourth-order valence-electron chi connectivity index (χ4n) is 1.59. The van der Waals surface area contributed by atoms with Crippen molar-refractivity contribution in [1.29, 1.82) is 0 Å². The smallest absolute Gasteiger partial charge is 0.384 e. The zero-order valence-corrected chi connectivity index (χ0v) is 12.0. The van der Waals surface area contributed by atoms with Crippen molar-refractivity contribution < 1.29 is 18.0 Å². The minimum atomic E-state index is -4.52. The van der Waals surface area contributed by atoms with Crippen LogP contribution in [0.15, 0.2) is 40.9 Å². The number of amides is 1. The van der Waals surface area contributed by atoms with Crippen molar-refractivity contribution in [2.24, 2.45) is 0 Å². The van der Waals surface area contributed by atoms with Crippen LogP contribution in [0.5, 0.6) is 0 Å². The maximum atomic E-state index is 12.8. The highest BCUT2D eigenvalue weighted by Gasteiger charge is 2.33. The fourth-order valence-corrected chi connectivity index (χ4v) is 2.06. The average molecular weight is 360 g/mol. The minimum Gasteiger partial charge on any atom is -0.384 e. The van der Waals surface area contributed by atoms with Gasteiger partial charge in [-0.05, 0) is 30.3 Å². The van der Waals surface area contributed by atoms with Crippen LogP contribution in [0.1, 0.15) is 16.1 Å². The molecule has 0 fully saturated rings. The monoisotopic (exact) mass is 359 g/mol. The second-order valence-electron chi connectivity index (χ2n) is 4.09. The number of hydrogen-bond donors (Lipinski definition) is 2. The molecule has 1 heterocycles. The Labute approximate surface area is 126 Å². The van der Waals surface area contributed by atoms with E-state index in [4.69, 9.17) is 5.73 Å². The van der Waals surface area contributed by atoms with Gasteiger partial charge in [0.15, 0.2) is 0 Å². The molecule has 0 aliphatic rings. The van der Waals surface area contributed by atoms with Crippen LogP contribution in [0.2, 0.25) is 0 Å². The Morgan fingerprint density at radius 2 is 1.95 bits per heavy atom. The van der Waals surface area contributed by atoms with Crippen LogP contribution >= 0.6 is 15.9 Å². The van der Waals surface area contributed by atoms with E-state index in [1.807, 2.05) is 0 Å². The molecule has 4 nitrogen and oxygen atoms in total. The van der Waals surface area contributed by atoms with Crippen LogP contribution in [-0.2, 0) is 6.18 Å². The number of nitrogens with two attached hydrogens (primary N) is 1. The number of rotatable bonds is 2. The van der Waals surface area contributed by atoms with Gasteiger partial charge in [-0.15, -0.1) is 0 Å². The number of nitrogens with zero attached hydrogens (tertiary/aromatic N) is 1. The van der Waals surface area contributed by atoms with Gasteiger partial charge in [0.1, 0.15) is 11.5 Å². The average Bonchev–Trinajstić information content (AvgIpc) is 2.39. The molecule has 0 saturated heterocycles. The topological polar surface area (TPSA) is 68.0 Å². The second kappa shape index (κ2) is 5.72. The van der Waals surface area contributed by atoms with Crippen molar-refractivity contribution in [3.05, 3.63) is 52.1 Å². The molecule has 1 aromatic heterocycles. The van der Waals surface area contributed by atoms with E-state index in [1.165, 1.54) is 30.3 Å². The third-order valence-corrected chi connectivity index (χ3v) is 3.22. The molecule has 0 aliphatic heterocycles. The fraction of sp³-hybridized carbons (Fsp3) is 0.0769. The minimum absolute atomic E-state index is 0.0137. The molecule has 1 amide bonds. The van der Waals surface area contributed by atoms with Crippen molar-refractivity contribution in [1.82, 2.24) is 4.98 Å². The van der Waals surface area contributed by atoms with Gasteiger partial charge >= 0.3 is 6.18 Å². The summed E-state index contributed by atoms with van der Waals surface area (Å²) >= 11 is 2.83. The first-order valence-electron chi connectivity index (χ1n) is 5.68. The van der Waals surface area contributed by atoms with Crippen LogP contribution in [0, 0.1) is 0 Å². The van der Waals surface area contributed by atoms with Gasteiger partial charge in [-0.3, -0.25) is 4.79 Å². The van der Waals surface area contributed by atoms with Gasteiger partial charge < -0.3 is 11.1 Å². The molecule has 0 atom stereocenters. The maximum absolute atomic E-state index is 12.8. The summed E-state index contributed by atoms with van der Waals surface area (Å²) in [4.78, 5) is 15.7. The van der Waals surface area contributed by atoms with Gasteiger partial charge in [0.25, 0.3) is 5.91 Å². The Hall–Kier alpha value is -2.09. The number of nitrogen functional groups attached to an aromatic ring is 1. The van der Waals surface area contributed by atoms with E-state index in [0.29, 0.717) is 0 Å². The van der Waals surface area contributed by atoms with Crippen molar-refractivity contribution >= 4 is 33.3 Å². The lowest BCUT2D eigenvalue weighted by Crippen LogP contribution is -2.15. The lowest BCUT2D eigenvalue weighted by Gasteiger charge is -2.12. The number of hydrogen-bond acceptors (Lipinski definition) is 3. The Kier molecular flexibility index (Phi) is 4.17. The Morgan fingerprint density at radius 3 is 2.57 bits per heavy atom. The van der Waals surface area contributed by atoms with Crippen molar-refractivity contribution in [3.8, 4) is 0 Å². The third-order valence-electron chi connectivity index (χ3n) is 2.53. The maximum Gasteiger partial charge on any atom is 0.417 e. The number of pyridine rings is 1. The van der Waals surface area contributed by atoms with E-state index in [-0.39, 0.29) is 21.7 Å². The quantitative estimate of drug-likeness (QED) is 0.858. The second-order valence-corrected chi connectivity index (χ2v) is 4.95. The SMILES string of the molecule is Nc1cccc(C(=O)Nc2ccc(Br)c(C(F)(F)F)c2)n1. The number of alkyl halides is 3. The standard InChI is InChI=1S/C13H9BrF3N3O/c14-9-5-4-7(6-8(9)13(15,16)17)19-12(21)10-2-1-3-11(18)20-10/h1-6H,(H2,18,20)(H,19,21). The van der Waals surface area contributed by atoms with Gasteiger partial charge in [-0.2, -0.15) is 13.2 Å². The summed E-state index contributed by atoms with van der Waals surface area (Å²) in [5, 5.41) is 2.35. The van der Waals surface area contributed by atoms with Crippen LogP contribution in [0.25, 0.3) is 0 Å². The van der Waals surface area contributed by atoms with Gasteiger partial charge in [-0.25, -0.2) is 4.98 Å². The van der Waals surface area contributed by atoms with Crippen LogP contribution in [-0.4, -0.2) is 10.9 Å². The number of carbonyl (C=O) groups excluding carboxylic acids is 1. The van der Waals surface area contributed by atoms with E-state index in [9.17, 15) is 18.0 Å². The Balaban J connectivity index is 2.26. The first-order chi connectivity index (χ1) is 9.77. The molecule has 0 spiro atoms. The van der Waals surface area contributed by atoms with E-state index < -0.39 is 17.6 Å². The number of benzene rings is 1. The zero-order valence-electron chi connectivity index (χ0n) is 10.4. The van der Waals surface area contributed by atoms with Crippen LogP contribution in [0.4, 0.5) is 24.7 Å². The predicted molar refractivity (Wildman–Crippen MR) is 75.7 cm³/mol. The summed E-state index contributed by atoms with van der Waals surface area (Å²) in [7, 11) is 0. The Morgan fingerprint density at radius 1 is 1.24 bits per heavy atom. The zero-order chi connectivity index (χ0) is 15.6. The number of halogens is 4. The Bertz CT molecular complexity index is 689. The summed E-state index contributed by atoms with van der Waals surface area (Å²) in [6, 6.07) is 7.84. The number of aromatic nitrogens is 1. The molecule has 0 unspecified atom stereocenters. The van der Waals surface area contributed by atoms with E-state index in [2.05, 4.69) is 26.2 Å². The highest BCUT2D eigenvalue weighted by Crippen LogP contribution is 2.36. The molecular formula is C13H9BrF3N3O. The van der Waals surface area contributed by atoms with Gasteiger partial charge in [0.05, 0.1) is 5.56 Å². The highest BCUT2D eigenvalue weighted by atomic mass is 79.9. The van der Waals surface area contributed by atoms with E-state index >= 15 is 0 Å². The largest absolute Gasteiger partial charge is 0.417 e. The highest BCUT2D eigenvalue weighted by molar-refractivity contribution is 9.10. The number of carbonyl (C=O) groups is 1. The molecule has 0 bridgehead atoms. The van der Waals surface area contributed by atoms with Crippen LogP contribution < -0.4 is 11.1 Å². The lowest BCUT2D eigenvalue weighted by molar-refractivity contribution is -0.138. The summed E-state index contributed by atoms with van der Waals surface area (Å²) in [6.07, 6.45) is -4.52. The normalized spacial score (nSPS) is 11.2. The molecule has 3 N–H and O–H groups in total. The van der Waals surface area contributed by atoms with Gasteiger partial charge in [0.2, 0.25) is 0 Å². The molecule has 0 aliphatic carbocycles. The molecule has 0 saturated carbocycles. The summed E-state index contributed by atoms with van der Waals surface area (Å²) in [5.41, 5.74) is 4.60. The number of nitrogens with one attached hydrogen (secondary N) is 1. The number of anilines is 2.